The van der Waals surface area contributed by atoms with Crippen molar-refractivity contribution in [2.24, 2.45) is 0 Å². The van der Waals surface area contributed by atoms with E-state index in [9.17, 15) is 9.59 Å². The van der Waals surface area contributed by atoms with Crippen LogP contribution >= 0.6 is 11.6 Å². The van der Waals surface area contributed by atoms with Crippen LogP contribution in [0.1, 0.15) is 32.0 Å². The molecule has 1 aromatic carbocycles. The van der Waals surface area contributed by atoms with Crippen molar-refractivity contribution < 1.29 is 13.9 Å². The van der Waals surface area contributed by atoms with Gasteiger partial charge in [0.2, 0.25) is 5.95 Å². The van der Waals surface area contributed by atoms with Gasteiger partial charge in [-0.2, -0.15) is 9.78 Å². The summed E-state index contributed by atoms with van der Waals surface area (Å²) in [5, 5.41) is 7.91. The zero-order valence-electron chi connectivity index (χ0n) is 19.2. The van der Waals surface area contributed by atoms with Crippen LogP contribution in [0.5, 0.6) is 5.75 Å². The molecule has 0 saturated carbocycles. The van der Waals surface area contributed by atoms with E-state index in [-0.39, 0.29) is 17.3 Å². The standard InChI is InChI=1S/C24H24ClN5O4/c1-5-17-14(2)26-23(28-21(17)31)30-20(13-18(29-30)19-7-6-12-33-19)27-22(32)24(3,4)34-16-10-8-15(25)9-11-16/h6-13H,5H2,1-4H3,(H,27,32)(H,26,28,31). The fourth-order valence-electron chi connectivity index (χ4n) is 3.40. The van der Waals surface area contributed by atoms with Gasteiger partial charge in [-0.25, -0.2) is 4.98 Å². The van der Waals surface area contributed by atoms with Crippen LogP contribution in [0.15, 0.2) is 57.9 Å². The second kappa shape index (κ2) is 9.18. The Bertz CT molecular complexity index is 1370. The summed E-state index contributed by atoms with van der Waals surface area (Å²) in [7, 11) is 0. The highest BCUT2D eigenvalue weighted by atomic mass is 35.5. The molecule has 0 bridgehead atoms. The number of H-pyrrole nitrogens is 1. The Labute approximate surface area is 200 Å². The van der Waals surface area contributed by atoms with Crippen molar-refractivity contribution in [3.8, 4) is 23.2 Å². The summed E-state index contributed by atoms with van der Waals surface area (Å²) in [6.45, 7) is 6.93. The molecular formula is C24H24ClN5O4. The number of halogens is 1. The van der Waals surface area contributed by atoms with Crippen molar-refractivity contribution in [1.82, 2.24) is 19.7 Å². The molecule has 176 valence electrons. The summed E-state index contributed by atoms with van der Waals surface area (Å²) in [5.74, 6) is 1.01. The van der Waals surface area contributed by atoms with E-state index in [2.05, 4.69) is 20.4 Å². The van der Waals surface area contributed by atoms with Gasteiger partial charge in [0, 0.05) is 22.3 Å². The van der Waals surface area contributed by atoms with E-state index in [0.29, 0.717) is 39.9 Å². The van der Waals surface area contributed by atoms with Crippen LogP contribution in [-0.4, -0.2) is 31.3 Å². The first-order valence-corrected chi connectivity index (χ1v) is 11.1. The van der Waals surface area contributed by atoms with Crippen LogP contribution in [0, 0.1) is 6.92 Å². The Morgan fingerprint density at radius 1 is 1.26 bits per heavy atom. The molecule has 2 N–H and O–H groups in total. The maximum Gasteiger partial charge on any atom is 0.269 e. The molecule has 0 unspecified atom stereocenters. The number of anilines is 1. The third kappa shape index (κ3) is 4.74. The van der Waals surface area contributed by atoms with E-state index < -0.39 is 11.5 Å². The fourth-order valence-corrected chi connectivity index (χ4v) is 3.53. The van der Waals surface area contributed by atoms with Crippen LogP contribution in [-0.2, 0) is 11.2 Å². The maximum atomic E-state index is 13.2. The molecule has 4 aromatic rings. The minimum absolute atomic E-state index is 0.171. The number of carbonyl (C=O) groups is 1. The van der Waals surface area contributed by atoms with Crippen molar-refractivity contribution in [3.63, 3.8) is 0 Å². The van der Waals surface area contributed by atoms with E-state index in [1.54, 1.807) is 63.2 Å². The fraction of sp³-hybridized carbons (Fsp3) is 0.250. The van der Waals surface area contributed by atoms with Crippen LogP contribution in [0.4, 0.5) is 5.82 Å². The lowest BCUT2D eigenvalue weighted by Gasteiger charge is -2.25. The number of aryl methyl sites for hydroxylation is 1. The Morgan fingerprint density at radius 3 is 2.62 bits per heavy atom. The number of nitrogens with one attached hydrogen (secondary N) is 2. The first-order chi connectivity index (χ1) is 16.2. The number of nitrogens with zero attached hydrogens (tertiary/aromatic N) is 3. The summed E-state index contributed by atoms with van der Waals surface area (Å²) < 4.78 is 12.7. The number of furan rings is 1. The molecule has 0 aliphatic rings. The molecule has 0 saturated heterocycles. The molecule has 0 atom stereocenters. The first kappa shape index (κ1) is 23.3. The van der Waals surface area contributed by atoms with Gasteiger partial charge in [-0.05, 0) is 63.6 Å². The summed E-state index contributed by atoms with van der Waals surface area (Å²) in [6, 6.07) is 11.8. The smallest absolute Gasteiger partial charge is 0.269 e. The number of amides is 1. The topological polar surface area (TPSA) is 115 Å². The highest BCUT2D eigenvalue weighted by Gasteiger charge is 2.31. The summed E-state index contributed by atoms with van der Waals surface area (Å²) >= 11 is 5.93. The van der Waals surface area contributed by atoms with Crippen molar-refractivity contribution in [2.75, 3.05) is 5.32 Å². The number of benzene rings is 1. The van der Waals surface area contributed by atoms with Crippen molar-refractivity contribution >= 4 is 23.3 Å². The van der Waals surface area contributed by atoms with E-state index in [0.717, 1.165) is 0 Å². The molecule has 0 fully saturated rings. The highest BCUT2D eigenvalue weighted by Crippen LogP contribution is 2.26. The Hall–Kier alpha value is -3.85. The van der Waals surface area contributed by atoms with E-state index in [1.165, 1.54) is 10.9 Å². The van der Waals surface area contributed by atoms with E-state index in [1.807, 2.05) is 6.92 Å². The molecule has 0 aliphatic carbocycles. The molecule has 9 nitrogen and oxygen atoms in total. The predicted octanol–water partition coefficient (Wildman–Crippen LogP) is 4.54. The van der Waals surface area contributed by atoms with Gasteiger partial charge in [-0.15, -0.1) is 0 Å². The van der Waals surface area contributed by atoms with Gasteiger partial charge in [-0.1, -0.05) is 18.5 Å². The lowest BCUT2D eigenvalue weighted by atomic mass is 10.1. The highest BCUT2D eigenvalue weighted by molar-refractivity contribution is 6.30. The number of ether oxygens (including phenoxy) is 1. The van der Waals surface area contributed by atoms with Gasteiger partial charge in [0.25, 0.3) is 11.5 Å². The minimum atomic E-state index is -1.24. The first-order valence-electron chi connectivity index (χ1n) is 10.7. The predicted molar refractivity (Wildman–Crippen MR) is 129 cm³/mol. The normalized spacial score (nSPS) is 11.4. The summed E-state index contributed by atoms with van der Waals surface area (Å²) in [5.41, 5.74) is 0.127. The zero-order chi connectivity index (χ0) is 24.5. The second-order valence-corrected chi connectivity index (χ2v) is 8.57. The molecule has 10 heteroatoms. The summed E-state index contributed by atoms with van der Waals surface area (Å²) in [4.78, 5) is 33.0. The van der Waals surface area contributed by atoms with Crippen LogP contribution in [0.2, 0.25) is 5.02 Å². The lowest BCUT2D eigenvalue weighted by Crippen LogP contribution is -2.43. The van der Waals surface area contributed by atoms with E-state index in [4.69, 9.17) is 20.8 Å². The third-order valence-electron chi connectivity index (χ3n) is 5.22. The van der Waals surface area contributed by atoms with Crippen LogP contribution in [0.3, 0.4) is 0 Å². The zero-order valence-corrected chi connectivity index (χ0v) is 19.9. The van der Waals surface area contributed by atoms with Crippen molar-refractivity contribution in [3.05, 3.63) is 75.4 Å². The average Bonchev–Trinajstić information content (AvgIpc) is 3.45. The largest absolute Gasteiger partial charge is 0.478 e. The van der Waals surface area contributed by atoms with E-state index >= 15 is 0 Å². The molecule has 0 spiro atoms. The van der Waals surface area contributed by atoms with Crippen LogP contribution < -0.4 is 15.6 Å². The number of aromatic amines is 1. The Kier molecular flexibility index (Phi) is 6.30. The molecule has 0 radical (unpaired) electrons. The quantitative estimate of drug-likeness (QED) is 0.400. The Balaban J connectivity index is 1.70. The van der Waals surface area contributed by atoms with Gasteiger partial charge in [0.15, 0.2) is 11.4 Å². The second-order valence-electron chi connectivity index (χ2n) is 8.13. The molecule has 3 heterocycles. The molecule has 34 heavy (non-hydrogen) atoms. The van der Waals surface area contributed by atoms with Crippen molar-refractivity contribution in [1.29, 1.82) is 0 Å². The van der Waals surface area contributed by atoms with Gasteiger partial charge in [0.05, 0.1) is 6.26 Å². The molecule has 1 amide bonds. The Morgan fingerprint density at radius 2 is 2.00 bits per heavy atom. The number of carbonyl (C=O) groups excluding carboxylic acids is 1. The number of hydrogen-bond donors (Lipinski definition) is 2. The van der Waals surface area contributed by atoms with Crippen molar-refractivity contribution in [2.45, 2.75) is 39.7 Å². The third-order valence-corrected chi connectivity index (χ3v) is 5.47. The molecule has 3 aromatic heterocycles. The molecule has 4 rings (SSSR count). The lowest BCUT2D eigenvalue weighted by molar-refractivity contribution is -0.128. The van der Waals surface area contributed by atoms with Gasteiger partial charge < -0.3 is 14.5 Å². The number of hydrogen-bond acceptors (Lipinski definition) is 6. The molecule has 0 aliphatic heterocycles. The number of rotatable bonds is 7. The minimum Gasteiger partial charge on any atom is -0.478 e. The van der Waals surface area contributed by atoms with Gasteiger partial charge in [-0.3, -0.25) is 14.6 Å². The maximum absolute atomic E-state index is 13.2. The number of aromatic nitrogens is 4. The SMILES string of the molecule is CCc1c(C)nc(-n2nc(-c3ccco3)cc2NC(=O)C(C)(C)Oc2ccc(Cl)cc2)[nH]c1=O. The van der Waals surface area contributed by atoms with Crippen LogP contribution in [0.25, 0.3) is 17.4 Å². The monoisotopic (exact) mass is 481 g/mol. The van der Waals surface area contributed by atoms with Gasteiger partial charge >= 0.3 is 0 Å². The molecular weight excluding hydrogens is 458 g/mol. The average molecular weight is 482 g/mol. The summed E-state index contributed by atoms with van der Waals surface area (Å²) in [6.07, 6.45) is 2.07. The van der Waals surface area contributed by atoms with Gasteiger partial charge in [0.1, 0.15) is 17.3 Å².